The maximum Gasteiger partial charge on any atom is 0.224 e. The van der Waals surface area contributed by atoms with Gasteiger partial charge in [-0.25, -0.2) is 0 Å². The second kappa shape index (κ2) is 7.21. The van der Waals surface area contributed by atoms with E-state index in [2.05, 4.69) is 5.32 Å². The second-order valence-corrected chi connectivity index (χ2v) is 5.73. The molecular weight excluding hydrogens is 302 g/mol. The van der Waals surface area contributed by atoms with Crippen molar-refractivity contribution in [2.75, 3.05) is 6.61 Å². The van der Waals surface area contributed by atoms with Crippen LogP contribution in [0, 0.1) is 0 Å². The molecule has 4 heteroatoms. The number of para-hydroxylation sites is 1. The Balaban J connectivity index is 1.61. The highest BCUT2D eigenvalue weighted by atomic mass is 16.5. The van der Waals surface area contributed by atoms with Crippen LogP contribution in [0.4, 0.5) is 0 Å². The summed E-state index contributed by atoms with van der Waals surface area (Å²) in [5.41, 5.74) is 1.79. The molecule has 0 aliphatic heterocycles. The predicted octanol–water partition coefficient (Wildman–Crippen LogP) is 4.25. The topological polar surface area (TPSA) is 51.5 Å². The monoisotopic (exact) mass is 323 g/mol. The third-order valence-corrected chi connectivity index (χ3v) is 3.85. The van der Waals surface area contributed by atoms with E-state index in [-0.39, 0.29) is 11.9 Å². The van der Waals surface area contributed by atoms with E-state index in [4.69, 9.17) is 9.15 Å². The minimum absolute atomic E-state index is 0.0351. The van der Waals surface area contributed by atoms with Gasteiger partial charge in [-0.05, 0) is 43.7 Å². The first-order valence-electron chi connectivity index (χ1n) is 8.15. The molecule has 0 aliphatic carbocycles. The Morgan fingerprint density at radius 3 is 2.62 bits per heavy atom. The van der Waals surface area contributed by atoms with Crippen LogP contribution in [0.3, 0.4) is 0 Å². The number of fused-ring (bicyclic) bond motifs is 1. The zero-order valence-electron chi connectivity index (χ0n) is 13.9. The summed E-state index contributed by atoms with van der Waals surface area (Å²) >= 11 is 0. The lowest BCUT2D eigenvalue weighted by atomic mass is 10.1. The van der Waals surface area contributed by atoms with Crippen molar-refractivity contribution in [2.45, 2.75) is 26.3 Å². The number of benzene rings is 2. The molecule has 0 bridgehead atoms. The van der Waals surface area contributed by atoms with E-state index in [1.807, 2.05) is 68.4 Å². The molecule has 1 unspecified atom stereocenters. The minimum atomic E-state index is -0.174. The number of rotatable bonds is 6. The van der Waals surface area contributed by atoms with Crippen LogP contribution < -0.4 is 10.1 Å². The van der Waals surface area contributed by atoms with Gasteiger partial charge in [0.05, 0.1) is 19.1 Å². The second-order valence-electron chi connectivity index (χ2n) is 5.73. The zero-order chi connectivity index (χ0) is 16.9. The van der Waals surface area contributed by atoms with Crippen LogP contribution in [0.1, 0.15) is 31.2 Å². The predicted molar refractivity (Wildman–Crippen MR) is 94.1 cm³/mol. The summed E-state index contributed by atoms with van der Waals surface area (Å²) in [6.07, 6.45) is 0.330. The van der Waals surface area contributed by atoms with Gasteiger partial charge in [0, 0.05) is 5.39 Å². The summed E-state index contributed by atoms with van der Waals surface area (Å²) in [5, 5.41) is 4.02. The van der Waals surface area contributed by atoms with Crippen molar-refractivity contribution in [3.63, 3.8) is 0 Å². The Bertz CT molecular complexity index is 787. The molecule has 24 heavy (non-hydrogen) atoms. The Hall–Kier alpha value is -2.75. The number of ether oxygens (including phenoxy) is 1. The van der Waals surface area contributed by atoms with Crippen molar-refractivity contribution >= 4 is 16.9 Å². The average Bonchev–Trinajstić information content (AvgIpc) is 3.01. The smallest absolute Gasteiger partial charge is 0.224 e. The molecule has 0 saturated carbocycles. The molecule has 0 saturated heterocycles. The summed E-state index contributed by atoms with van der Waals surface area (Å²) in [6.45, 7) is 4.50. The summed E-state index contributed by atoms with van der Waals surface area (Å²) in [5.74, 6) is 1.54. The zero-order valence-corrected chi connectivity index (χ0v) is 13.9. The third-order valence-electron chi connectivity index (χ3n) is 3.85. The summed E-state index contributed by atoms with van der Waals surface area (Å²) < 4.78 is 11.2. The average molecular weight is 323 g/mol. The Labute approximate surface area is 141 Å². The third kappa shape index (κ3) is 3.77. The van der Waals surface area contributed by atoms with Crippen molar-refractivity contribution < 1.29 is 13.9 Å². The van der Waals surface area contributed by atoms with Gasteiger partial charge in [0.15, 0.2) is 0 Å². The lowest BCUT2D eigenvalue weighted by Crippen LogP contribution is -2.27. The highest BCUT2D eigenvalue weighted by molar-refractivity contribution is 5.80. The van der Waals surface area contributed by atoms with E-state index in [0.29, 0.717) is 13.0 Å². The van der Waals surface area contributed by atoms with Gasteiger partial charge in [0.1, 0.15) is 17.1 Å². The lowest BCUT2D eigenvalue weighted by molar-refractivity contribution is -0.121. The fourth-order valence-electron chi connectivity index (χ4n) is 2.64. The number of furan rings is 1. The van der Waals surface area contributed by atoms with Crippen LogP contribution in [-0.2, 0) is 11.2 Å². The Kier molecular flexibility index (Phi) is 4.85. The first-order valence-corrected chi connectivity index (χ1v) is 8.15. The summed E-state index contributed by atoms with van der Waals surface area (Å²) in [6, 6.07) is 17.2. The van der Waals surface area contributed by atoms with Crippen LogP contribution in [0.5, 0.6) is 5.75 Å². The molecule has 1 N–H and O–H groups in total. The van der Waals surface area contributed by atoms with E-state index in [1.54, 1.807) is 0 Å². The fraction of sp³-hybridized carbons (Fsp3) is 0.250. The molecule has 0 fully saturated rings. The maximum absolute atomic E-state index is 12.2. The molecule has 0 spiro atoms. The highest BCUT2D eigenvalue weighted by Crippen LogP contribution is 2.23. The molecule has 3 aromatic rings. The number of carbonyl (C=O) groups is 1. The highest BCUT2D eigenvalue weighted by Gasteiger charge is 2.14. The number of hydrogen-bond donors (Lipinski definition) is 1. The molecule has 0 aliphatic rings. The lowest BCUT2D eigenvalue weighted by Gasteiger charge is -2.11. The van der Waals surface area contributed by atoms with Crippen molar-refractivity contribution in [3.8, 4) is 5.75 Å². The van der Waals surface area contributed by atoms with Gasteiger partial charge < -0.3 is 14.5 Å². The molecule has 0 radical (unpaired) electrons. The van der Waals surface area contributed by atoms with E-state index in [0.717, 1.165) is 28.0 Å². The molecule has 3 rings (SSSR count). The number of nitrogens with one attached hydrogen (secondary N) is 1. The normalized spacial score (nSPS) is 12.1. The molecule has 1 aromatic heterocycles. The van der Waals surface area contributed by atoms with Crippen molar-refractivity contribution in [2.24, 2.45) is 0 Å². The van der Waals surface area contributed by atoms with Gasteiger partial charge >= 0.3 is 0 Å². The first kappa shape index (κ1) is 16.1. The van der Waals surface area contributed by atoms with E-state index in [1.165, 1.54) is 0 Å². The maximum atomic E-state index is 12.2. The van der Waals surface area contributed by atoms with Gasteiger partial charge in [0.25, 0.3) is 0 Å². The molecule has 124 valence electrons. The van der Waals surface area contributed by atoms with Gasteiger partial charge in [0.2, 0.25) is 5.91 Å². The van der Waals surface area contributed by atoms with Gasteiger partial charge in [-0.2, -0.15) is 0 Å². The molecule has 2 aromatic carbocycles. The molecular formula is C20H21NO3. The molecule has 1 heterocycles. The van der Waals surface area contributed by atoms with E-state index < -0.39 is 0 Å². The standard InChI is InChI=1S/C20H21NO3/c1-3-23-17-10-8-15(9-11-17)12-20(22)21-14(2)19-13-16-6-4-5-7-18(16)24-19/h4-11,13-14H,3,12H2,1-2H3,(H,21,22). The molecule has 1 amide bonds. The van der Waals surface area contributed by atoms with Crippen molar-refractivity contribution in [1.82, 2.24) is 5.32 Å². The van der Waals surface area contributed by atoms with Crippen LogP contribution in [0.25, 0.3) is 11.0 Å². The van der Waals surface area contributed by atoms with E-state index >= 15 is 0 Å². The van der Waals surface area contributed by atoms with Crippen LogP contribution in [0.2, 0.25) is 0 Å². The molecule has 4 nitrogen and oxygen atoms in total. The Morgan fingerprint density at radius 1 is 1.17 bits per heavy atom. The van der Waals surface area contributed by atoms with Crippen molar-refractivity contribution in [3.05, 3.63) is 65.9 Å². The van der Waals surface area contributed by atoms with E-state index in [9.17, 15) is 4.79 Å². The fourth-order valence-corrected chi connectivity index (χ4v) is 2.64. The SMILES string of the molecule is CCOc1ccc(CC(=O)NC(C)c2cc3ccccc3o2)cc1. The quantitative estimate of drug-likeness (QED) is 0.738. The minimum Gasteiger partial charge on any atom is -0.494 e. The number of carbonyl (C=O) groups excluding carboxylic acids is 1. The van der Waals surface area contributed by atoms with Crippen molar-refractivity contribution in [1.29, 1.82) is 0 Å². The van der Waals surface area contributed by atoms with Gasteiger partial charge in [-0.1, -0.05) is 30.3 Å². The van der Waals surface area contributed by atoms with Crippen LogP contribution in [0.15, 0.2) is 59.0 Å². The summed E-state index contributed by atoms with van der Waals surface area (Å²) in [7, 11) is 0. The van der Waals surface area contributed by atoms with Crippen LogP contribution >= 0.6 is 0 Å². The first-order chi connectivity index (χ1) is 11.7. The Morgan fingerprint density at radius 2 is 1.92 bits per heavy atom. The molecule has 1 atom stereocenters. The van der Waals surface area contributed by atoms with Crippen LogP contribution in [-0.4, -0.2) is 12.5 Å². The summed E-state index contributed by atoms with van der Waals surface area (Å²) in [4.78, 5) is 12.2. The number of hydrogen-bond acceptors (Lipinski definition) is 3. The largest absolute Gasteiger partial charge is 0.494 e. The van der Waals surface area contributed by atoms with Gasteiger partial charge in [-0.3, -0.25) is 4.79 Å². The number of amides is 1. The van der Waals surface area contributed by atoms with Gasteiger partial charge in [-0.15, -0.1) is 0 Å².